The van der Waals surface area contributed by atoms with Crippen molar-refractivity contribution in [1.29, 1.82) is 0 Å². The number of ketones is 2. The predicted octanol–water partition coefficient (Wildman–Crippen LogP) is 1.61. The Labute approximate surface area is 242 Å². The highest BCUT2D eigenvalue weighted by Gasteiger charge is 2.37. The van der Waals surface area contributed by atoms with Gasteiger partial charge in [0.2, 0.25) is 11.8 Å². The number of carbonyl (C=O) groups is 6. The number of esters is 2. The zero-order valence-corrected chi connectivity index (χ0v) is 23.4. The normalized spacial score (nSPS) is 20.0. The fourth-order valence-corrected chi connectivity index (χ4v) is 6.04. The van der Waals surface area contributed by atoms with E-state index in [9.17, 15) is 28.8 Å². The van der Waals surface area contributed by atoms with E-state index < -0.39 is 47.4 Å². The van der Waals surface area contributed by atoms with E-state index in [1.165, 1.54) is 38.5 Å². The first-order valence-corrected chi connectivity index (χ1v) is 13.8. The summed E-state index contributed by atoms with van der Waals surface area (Å²) in [5.74, 6) is -2.64. The number of benzene rings is 2. The summed E-state index contributed by atoms with van der Waals surface area (Å²) in [6.07, 6.45) is 2.65. The molecule has 2 amide bonds. The molecule has 1 aliphatic carbocycles. The van der Waals surface area contributed by atoms with Crippen LogP contribution in [0.1, 0.15) is 57.5 Å². The molecule has 0 saturated carbocycles. The molecule has 2 aliphatic heterocycles. The third-order valence-corrected chi connectivity index (χ3v) is 7.99. The van der Waals surface area contributed by atoms with Crippen LogP contribution in [-0.2, 0) is 28.7 Å². The molecule has 3 aliphatic rings. The minimum absolute atomic E-state index is 0.0290. The highest BCUT2D eigenvalue weighted by Crippen LogP contribution is 2.35. The summed E-state index contributed by atoms with van der Waals surface area (Å²) in [7, 11) is 2.61. The van der Waals surface area contributed by atoms with Gasteiger partial charge in [0.05, 0.1) is 49.8 Å². The molecule has 0 radical (unpaired) electrons. The Bertz CT molecular complexity index is 1370. The molecule has 2 aromatic rings. The van der Waals surface area contributed by atoms with Gasteiger partial charge in [-0.2, -0.15) is 0 Å². The first-order chi connectivity index (χ1) is 20.2. The van der Waals surface area contributed by atoms with Crippen LogP contribution in [0.5, 0.6) is 0 Å². The van der Waals surface area contributed by atoms with Gasteiger partial charge in [0.1, 0.15) is 12.1 Å². The lowest BCUT2D eigenvalue weighted by atomic mass is 9.82. The fourth-order valence-electron chi connectivity index (χ4n) is 6.04. The second kappa shape index (κ2) is 12.2. The van der Waals surface area contributed by atoms with Crippen LogP contribution in [0, 0.1) is 0 Å². The number of methoxy groups -OCH3 is 2. The molecule has 2 atom stereocenters. The number of nitrogens with zero attached hydrogens (tertiary/aromatic N) is 2. The predicted molar refractivity (Wildman–Crippen MR) is 150 cm³/mol. The molecule has 2 heterocycles. The minimum atomic E-state index is -0.520. The van der Waals surface area contributed by atoms with E-state index in [2.05, 4.69) is 10.6 Å². The standard InChI is InChI=1S/C30H32N4O8/c1-41-29(39)21-11-5-13-33(21)15-23(35)31-19-9-3-7-17-25(19)28(38)26-18(27(17)37)8-4-10-20(26)32-24(36)16-34-14-6-12-22(34)30(40)42-2/h3-4,7-10,21-22H,5-6,11-16H2,1-2H3,(H,31,35)(H,32,36)/t21-,22+. The van der Waals surface area contributed by atoms with E-state index in [0.717, 1.165) is 12.8 Å². The van der Waals surface area contributed by atoms with Crippen LogP contribution in [0.4, 0.5) is 11.4 Å². The molecule has 0 bridgehead atoms. The molecule has 0 unspecified atom stereocenters. The monoisotopic (exact) mass is 576 g/mol. The summed E-state index contributed by atoms with van der Waals surface area (Å²) in [5.41, 5.74) is 0.659. The van der Waals surface area contributed by atoms with Crippen molar-refractivity contribution in [2.45, 2.75) is 37.8 Å². The maximum Gasteiger partial charge on any atom is 0.323 e. The van der Waals surface area contributed by atoms with Gasteiger partial charge in [-0.25, -0.2) is 0 Å². The zero-order chi connectivity index (χ0) is 30.0. The number of likely N-dealkylation sites (tertiary alicyclic amines) is 2. The first-order valence-electron chi connectivity index (χ1n) is 13.8. The molecule has 2 N–H and O–H groups in total. The minimum Gasteiger partial charge on any atom is -0.468 e. The number of hydrogen-bond acceptors (Lipinski definition) is 10. The maximum atomic E-state index is 13.9. The van der Waals surface area contributed by atoms with Gasteiger partial charge in [-0.05, 0) is 50.9 Å². The van der Waals surface area contributed by atoms with Gasteiger partial charge in [-0.15, -0.1) is 0 Å². The molecular formula is C30H32N4O8. The molecule has 0 aromatic heterocycles. The fraction of sp³-hybridized carbons (Fsp3) is 0.400. The molecule has 5 rings (SSSR count). The Kier molecular flexibility index (Phi) is 8.46. The topological polar surface area (TPSA) is 151 Å². The number of nitrogens with one attached hydrogen (secondary N) is 2. The largest absolute Gasteiger partial charge is 0.468 e. The van der Waals surface area contributed by atoms with Crippen molar-refractivity contribution in [2.75, 3.05) is 51.0 Å². The second-order valence-corrected chi connectivity index (χ2v) is 10.5. The third-order valence-electron chi connectivity index (χ3n) is 7.99. The van der Waals surface area contributed by atoms with Crippen molar-refractivity contribution in [2.24, 2.45) is 0 Å². The van der Waals surface area contributed by atoms with Gasteiger partial charge in [-0.1, -0.05) is 24.3 Å². The van der Waals surface area contributed by atoms with Crippen molar-refractivity contribution >= 4 is 46.7 Å². The number of anilines is 2. The smallest absolute Gasteiger partial charge is 0.323 e. The Balaban J connectivity index is 1.36. The average molecular weight is 577 g/mol. The molecule has 220 valence electrons. The van der Waals surface area contributed by atoms with Crippen molar-refractivity contribution in [3.63, 3.8) is 0 Å². The van der Waals surface area contributed by atoms with E-state index in [0.29, 0.717) is 25.9 Å². The number of ether oxygens (including phenoxy) is 2. The van der Waals surface area contributed by atoms with Crippen LogP contribution in [0.2, 0.25) is 0 Å². The van der Waals surface area contributed by atoms with E-state index in [1.807, 2.05) is 0 Å². The Morgan fingerprint density at radius 1 is 0.714 bits per heavy atom. The van der Waals surface area contributed by atoms with Crippen molar-refractivity contribution in [3.8, 4) is 0 Å². The van der Waals surface area contributed by atoms with E-state index in [1.54, 1.807) is 21.9 Å². The Morgan fingerprint density at radius 2 is 1.14 bits per heavy atom. The SMILES string of the molecule is COC(=O)[C@H]1CCCN1CC(=O)Nc1cccc2c1C(=O)c1c(NC(=O)CN3CCC[C@H]3C(=O)OC)cccc1C2=O. The van der Waals surface area contributed by atoms with Crippen LogP contribution in [0.15, 0.2) is 36.4 Å². The molecule has 2 aromatic carbocycles. The summed E-state index contributed by atoms with van der Waals surface area (Å²) in [5, 5.41) is 5.48. The van der Waals surface area contributed by atoms with Gasteiger partial charge in [-0.3, -0.25) is 38.6 Å². The van der Waals surface area contributed by atoms with Crippen LogP contribution in [0.3, 0.4) is 0 Å². The number of rotatable bonds is 8. The highest BCUT2D eigenvalue weighted by molar-refractivity contribution is 6.32. The number of amides is 2. The van der Waals surface area contributed by atoms with Gasteiger partial charge in [0, 0.05) is 11.1 Å². The molecule has 2 fully saturated rings. The van der Waals surface area contributed by atoms with Gasteiger partial charge in [0.15, 0.2) is 11.6 Å². The molecule has 2 saturated heterocycles. The van der Waals surface area contributed by atoms with Crippen LogP contribution < -0.4 is 10.6 Å². The van der Waals surface area contributed by atoms with E-state index in [-0.39, 0.29) is 46.7 Å². The average Bonchev–Trinajstić information content (AvgIpc) is 3.64. The van der Waals surface area contributed by atoms with Crippen LogP contribution in [-0.4, -0.2) is 97.6 Å². The van der Waals surface area contributed by atoms with Crippen molar-refractivity contribution < 1.29 is 38.2 Å². The quantitative estimate of drug-likeness (QED) is 0.379. The van der Waals surface area contributed by atoms with Crippen molar-refractivity contribution in [1.82, 2.24) is 9.80 Å². The van der Waals surface area contributed by atoms with E-state index in [4.69, 9.17) is 9.47 Å². The number of hydrogen-bond donors (Lipinski definition) is 2. The summed E-state index contributed by atoms with van der Waals surface area (Å²) in [6.45, 7) is 0.913. The van der Waals surface area contributed by atoms with Gasteiger partial charge in [0.25, 0.3) is 0 Å². The number of fused-ring (bicyclic) bond motifs is 2. The van der Waals surface area contributed by atoms with Crippen molar-refractivity contribution in [3.05, 3.63) is 58.7 Å². The Morgan fingerprint density at radius 3 is 1.55 bits per heavy atom. The Hall–Kier alpha value is -4.42. The van der Waals surface area contributed by atoms with E-state index >= 15 is 0 Å². The summed E-state index contributed by atoms with van der Waals surface area (Å²) >= 11 is 0. The number of carbonyl (C=O) groups excluding carboxylic acids is 6. The highest BCUT2D eigenvalue weighted by atomic mass is 16.5. The summed E-state index contributed by atoms with van der Waals surface area (Å²) < 4.78 is 9.69. The van der Waals surface area contributed by atoms with Crippen LogP contribution in [0.25, 0.3) is 0 Å². The van der Waals surface area contributed by atoms with Gasteiger partial charge < -0.3 is 20.1 Å². The second-order valence-electron chi connectivity index (χ2n) is 10.5. The zero-order valence-electron chi connectivity index (χ0n) is 23.4. The van der Waals surface area contributed by atoms with Gasteiger partial charge >= 0.3 is 11.9 Å². The molecule has 12 heteroatoms. The third kappa shape index (κ3) is 5.55. The first kappa shape index (κ1) is 29.1. The molecule has 12 nitrogen and oxygen atoms in total. The lowest BCUT2D eigenvalue weighted by Crippen LogP contribution is -2.41. The lowest BCUT2D eigenvalue weighted by molar-refractivity contribution is -0.147. The molecular weight excluding hydrogens is 544 g/mol. The summed E-state index contributed by atoms with van der Waals surface area (Å²) in [4.78, 5) is 81.1. The summed E-state index contributed by atoms with van der Waals surface area (Å²) in [6, 6.07) is 8.24. The lowest BCUT2D eigenvalue weighted by Gasteiger charge is -2.25. The molecule has 0 spiro atoms. The molecule has 42 heavy (non-hydrogen) atoms. The maximum absolute atomic E-state index is 13.9. The van der Waals surface area contributed by atoms with Crippen LogP contribution >= 0.6 is 0 Å².